The number of ketones is 2. The lowest BCUT2D eigenvalue weighted by Gasteiger charge is -2.09. The second-order valence-corrected chi connectivity index (χ2v) is 15.8. The molecule has 3 amide bonds. The van der Waals surface area contributed by atoms with Crippen molar-refractivity contribution in [2.45, 2.75) is 169 Å². The van der Waals surface area contributed by atoms with Gasteiger partial charge < -0.3 is 44.4 Å². The van der Waals surface area contributed by atoms with Gasteiger partial charge in [-0.25, -0.2) is 0 Å². The Morgan fingerprint density at radius 3 is 1.39 bits per heavy atom. The molecule has 0 rings (SSSR count). The number of carbonyl (C=O) groups excluding carboxylic acids is 5. The molecule has 0 aliphatic heterocycles. The molecule has 0 saturated carbocycles. The summed E-state index contributed by atoms with van der Waals surface area (Å²) >= 11 is 0. The minimum atomic E-state index is -0.158. The molecule has 0 bridgehead atoms. The maximum absolute atomic E-state index is 11.9. The van der Waals surface area contributed by atoms with Crippen LogP contribution in [0.2, 0.25) is 0 Å². The Bertz CT molecular complexity index is 1020. The van der Waals surface area contributed by atoms with Crippen molar-refractivity contribution in [3.63, 3.8) is 0 Å². The predicted molar refractivity (Wildman–Crippen MR) is 243 cm³/mol. The summed E-state index contributed by atoms with van der Waals surface area (Å²) in [5.41, 5.74) is 0. The lowest BCUT2D eigenvalue weighted by molar-refractivity contribution is -0.127. The highest BCUT2D eigenvalue weighted by Crippen LogP contribution is 2.14. The molecule has 0 aromatic rings. The third-order valence-corrected chi connectivity index (χ3v) is 9.85. The maximum atomic E-state index is 11.9. The number of hydrogen-bond donors (Lipinski definition) is 3. The summed E-state index contributed by atoms with van der Waals surface area (Å²) in [6.07, 6.45) is 25.3. The molecule has 0 aromatic heterocycles. The quantitative estimate of drug-likeness (QED) is 0.0518. The number of ether oxygens (including phenoxy) is 6. The zero-order chi connectivity index (χ0) is 45.3. The highest BCUT2D eigenvalue weighted by Gasteiger charge is 2.08. The van der Waals surface area contributed by atoms with Crippen molar-refractivity contribution in [1.29, 1.82) is 0 Å². The molecule has 61 heavy (non-hydrogen) atoms. The number of Topliss-reactive ketones (excluding diaryl/α,β-unsaturated/α-hetero) is 2. The normalized spacial score (nSPS) is 11.4. The number of unbranched alkanes of at least 4 members (excludes halogenated alkanes) is 15. The summed E-state index contributed by atoms with van der Waals surface area (Å²) in [4.78, 5) is 57.4. The zero-order valence-electron chi connectivity index (χ0n) is 39.5. The van der Waals surface area contributed by atoms with E-state index in [2.05, 4.69) is 22.9 Å². The molecular formula is C47H91N3O11. The molecule has 0 saturated heterocycles. The van der Waals surface area contributed by atoms with E-state index in [4.69, 9.17) is 28.4 Å². The van der Waals surface area contributed by atoms with Crippen LogP contribution in [-0.4, -0.2) is 129 Å². The third-order valence-electron chi connectivity index (χ3n) is 9.85. The van der Waals surface area contributed by atoms with Crippen LogP contribution >= 0.6 is 0 Å². The van der Waals surface area contributed by atoms with Gasteiger partial charge in [0.2, 0.25) is 17.7 Å². The summed E-state index contributed by atoms with van der Waals surface area (Å²) in [5.74, 6) is 0.175. The molecule has 0 heterocycles. The van der Waals surface area contributed by atoms with E-state index >= 15 is 0 Å². The first-order valence-electron chi connectivity index (χ1n) is 23.9. The standard InChI is InChI=1S/C28H55NO5.C19H36N2O6/c1-3-4-5-6-7-8-9-10-11-12-13-14-15-16-17-20-28(31)29-21-23-33-24-25-34-26-27(30)19-18-22-32-2;1-4-10-26-14-19(24)21-9-11-25-12-13-27-15-18(23)20-8-6-5-7-16(2)17(3)22/h3-26H2,1-2H3,(H,29,31);16H,4-15H2,1-3H3,(H,20,23)(H,21,24). The molecule has 0 spiro atoms. The number of nitrogens with one attached hydrogen (secondary N) is 3. The lowest BCUT2D eigenvalue weighted by Crippen LogP contribution is -2.31. The summed E-state index contributed by atoms with van der Waals surface area (Å²) in [6.45, 7) is 13.0. The van der Waals surface area contributed by atoms with Crippen molar-refractivity contribution in [1.82, 2.24) is 16.0 Å². The molecule has 14 nitrogen and oxygen atoms in total. The average Bonchev–Trinajstić information content (AvgIpc) is 3.24. The molecule has 1 unspecified atom stereocenters. The summed E-state index contributed by atoms with van der Waals surface area (Å²) < 4.78 is 31.3. The third kappa shape index (κ3) is 51.8. The molecule has 3 N–H and O–H groups in total. The van der Waals surface area contributed by atoms with Crippen LogP contribution in [-0.2, 0) is 52.4 Å². The van der Waals surface area contributed by atoms with Gasteiger partial charge >= 0.3 is 0 Å². The molecule has 0 radical (unpaired) electrons. The number of rotatable bonds is 46. The Hall–Kier alpha value is -2.49. The van der Waals surface area contributed by atoms with Crippen molar-refractivity contribution >= 4 is 29.3 Å². The molecule has 1 atom stereocenters. The number of carbonyl (C=O) groups is 5. The first-order valence-corrected chi connectivity index (χ1v) is 23.9. The Balaban J connectivity index is 0. The topological polar surface area (TPSA) is 177 Å². The molecule has 360 valence electrons. The summed E-state index contributed by atoms with van der Waals surface area (Å²) in [6, 6.07) is 0. The molecule has 0 aromatic carbocycles. The van der Waals surface area contributed by atoms with Crippen LogP contribution in [0.25, 0.3) is 0 Å². The fraction of sp³-hybridized carbons (Fsp3) is 0.894. The van der Waals surface area contributed by atoms with Gasteiger partial charge in [0.05, 0.1) is 39.6 Å². The molecule has 0 aliphatic carbocycles. The van der Waals surface area contributed by atoms with Crippen LogP contribution in [0.15, 0.2) is 0 Å². The fourth-order valence-electron chi connectivity index (χ4n) is 5.96. The second-order valence-electron chi connectivity index (χ2n) is 15.8. The van der Waals surface area contributed by atoms with Gasteiger partial charge in [-0.3, -0.25) is 24.0 Å². The van der Waals surface area contributed by atoms with Crippen LogP contribution in [0.4, 0.5) is 0 Å². The van der Waals surface area contributed by atoms with Gasteiger partial charge in [0, 0.05) is 58.7 Å². The smallest absolute Gasteiger partial charge is 0.246 e. The van der Waals surface area contributed by atoms with E-state index in [1.165, 1.54) is 83.5 Å². The Kier molecular flexibility index (Phi) is 49.8. The van der Waals surface area contributed by atoms with E-state index < -0.39 is 0 Å². The molecule has 0 fully saturated rings. The summed E-state index contributed by atoms with van der Waals surface area (Å²) in [5, 5.41) is 8.37. The number of hydrogen-bond acceptors (Lipinski definition) is 11. The van der Waals surface area contributed by atoms with Gasteiger partial charge in [-0.1, -0.05) is 117 Å². The molecule has 0 aliphatic rings. The summed E-state index contributed by atoms with van der Waals surface area (Å²) in [7, 11) is 1.63. The maximum Gasteiger partial charge on any atom is 0.246 e. The average molecular weight is 874 g/mol. The monoisotopic (exact) mass is 874 g/mol. The highest BCUT2D eigenvalue weighted by molar-refractivity contribution is 5.79. The lowest BCUT2D eigenvalue weighted by atomic mass is 10.0. The van der Waals surface area contributed by atoms with Gasteiger partial charge in [0.1, 0.15) is 25.6 Å². The highest BCUT2D eigenvalue weighted by atomic mass is 16.5. The molecule has 14 heteroatoms. The van der Waals surface area contributed by atoms with E-state index in [0.717, 1.165) is 44.9 Å². The van der Waals surface area contributed by atoms with Crippen molar-refractivity contribution in [3.05, 3.63) is 0 Å². The van der Waals surface area contributed by atoms with Crippen molar-refractivity contribution in [2.75, 3.05) is 99.4 Å². The van der Waals surface area contributed by atoms with E-state index in [9.17, 15) is 24.0 Å². The first kappa shape index (κ1) is 60.6. The van der Waals surface area contributed by atoms with E-state index in [0.29, 0.717) is 85.3 Å². The van der Waals surface area contributed by atoms with Crippen molar-refractivity contribution < 1.29 is 52.4 Å². The van der Waals surface area contributed by atoms with Gasteiger partial charge in [0.15, 0.2) is 5.78 Å². The van der Waals surface area contributed by atoms with E-state index in [1.54, 1.807) is 14.0 Å². The van der Waals surface area contributed by atoms with Crippen LogP contribution in [0, 0.1) is 5.92 Å². The Morgan fingerprint density at radius 2 is 0.885 bits per heavy atom. The SMILES string of the molecule is CCCCCCCCCCCCCCCCCC(=O)NCCOCCOCC(=O)CCCOC.CCCOCC(=O)NCCOCCOCC(=O)NCCCCC(C)C(C)=O. The van der Waals surface area contributed by atoms with Gasteiger partial charge in [-0.05, 0) is 39.0 Å². The van der Waals surface area contributed by atoms with Gasteiger partial charge in [-0.2, -0.15) is 0 Å². The number of methoxy groups -OCH3 is 1. The number of amides is 3. The Labute approximate surface area is 371 Å². The molecular weight excluding hydrogens is 783 g/mol. The van der Waals surface area contributed by atoms with Crippen LogP contribution in [0.1, 0.15) is 169 Å². The second kappa shape index (κ2) is 50.2. The minimum Gasteiger partial charge on any atom is -0.385 e. The van der Waals surface area contributed by atoms with Crippen LogP contribution in [0.5, 0.6) is 0 Å². The zero-order valence-corrected chi connectivity index (χ0v) is 39.5. The van der Waals surface area contributed by atoms with E-state index in [-0.39, 0.29) is 55.0 Å². The fourth-order valence-corrected chi connectivity index (χ4v) is 5.96. The largest absolute Gasteiger partial charge is 0.385 e. The van der Waals surface area contributed by atoms with Gasteiger partial charge in [-0.15, -0.1) is 0 Å². The van der Waals surface area contributed by atoms with Crippen molar-refractivity contribution in [2.24, 2.45) is 5.92 Å². The first-order chi connectivity index (χ1) is 29.7. The van der Waals surface area contributed by atoms with E-state index in [1.807, 2.05) is 13.8 Å². The van der Waals surface area contributed by atoms with Crippen LogP contribution < -0.4 is 16.0 Å². The van der Waals surface area contributed by atoms with Crippen LogP contribution in [0.3, 0.4) is 0 Å². The van der Waals surface area contributed by atoms with Gasteiger partial charge in [0.25, 0.3) is 0 Å². The minimum absolute atomic E-state index is 0.00128. The Morgan fingerprint density at radius 1 is 0.426 bits per heavy atom. The predicted octanol–water partition coefficient (Wildman–Crippen LogP) is 7.47. The van der Waals surface area contributed by atoms with Crippen molar-refractivity contribution in [3.8, 4) is 0 Å².